The van der Waals surface area contributed by atoms with E-state index in [0.29, 0.717) is 0 Å². The highest BCUT2D eigenvalue weighted by molar-refractivity contribution is 5.83. The van der Waals surface area contributed by atoms with Crippen molar-refractivity contribution in [1.29, 1.82) is 0 Å². The van der Waals surface area contributed by atoms with E-state index in [4.69, 9.17) is 10.2 Å². The Morgan fingerprint density at radius 2 is 2.29 bits per heavy atom. The van der Waals surface area contributed by atoms with E-state index in [9.17, 15) is 4.79 Å². The number of ketones is 1. The van der Waals surface area contributed by atoms with Crippen LogP contribution < -0.4 is 0 Å². The van der Waals surface area contributed by atoms with Gasteiger partial charge in [0.2, 0.25) is 0 Å². The monoisotopic (exact) mass is 104 g/mol. The van der Waals surface area contributed by atoms with Crippen LogP contribution in [0.4, 0.5) is 0 Å². The number of carbonyl (C=O) groups is 1. The second kappa shape index (κ2) is 2.71. The molecule has 2 N–H and O–H groups in total. The van der Waals surface area contributed by atoms with E-state index in [1.165, 1.54) is 6.92 Å². The lowest BCUT2D eigenvalue weighted by Crippen LogP contribution is -2.19. The van der Waals surface area contributed by atoms with E-state index >= 15 is 0 Å². The van der Waals surface area contributed by atoms with E-state index in [0.717, 1.165) is 0 Å². The number of Topliss-reactive ketones (excluding diaryl/α,β-unsaturated/α-hetero) is 1. The van der Waals surface area contributed by atoms with Gasteiger partial charge in [0.05, 0.1) is 0 Å². The quantitative estimate of drug-likeness (QED) is 0.469. The average molecular weight is 104 g/mol. The summed E-state index contributed by atoms with van der Waals surface area (Å²) in [5.74, 6) is -0.542. The number of rotatable bonds is 2. The minimum absolute atomic E-state index is 0.542. The van der Waals surface area contributed by atoms with Gasteiger partial charge in [-0.15, -0.1) is 0 Å². The summed E-state index contributed by atoms with van der Waals surface area (Å²) in [6, 6.07) is 0. The lowest BCUT2D eigenvalue weighted by Gasteiger charge is -1.94. The van der Waals surface area contributed by atoms with Gasteiger partial charge >= 0.3 is 0 Å². The van der Waals surface area contributed by atoms with Crippen molar-refractivity contribution in [2.24, 2.45) is 0 Å². The zero-order chi connectivity index (χ0) is 5.86. The molecule has 3 nitrogen and oxygen atoms in total. The first-order valence-electron chi connectivity index (χ1n) is 2.00. The van der Waals surface area contributed by atoms with E-state index < -0.39 is 18.5 Å². The zero-order valence-corrected chi connectivity index (χ0v) is 4.09. The smallest absolute Gasteiger partial charge is 0.186 e. The van der Waals surface area contributed by atoms with Gasteiger partial charge < -0.3 is 10.2 Å². The van der Waals surface area contributed by atoms with Crippen molar-refractivity contribution in [1.82, 2.24) is 0 Å². The number of aliphatic hydroxyl groups excluding tert-OH is 2. The van der Waals surface area contributed by atoms with Crippen molar-refractivity contribution in [3.05, 3.63) is 0 Å². The third-order valence-electron chi connectivity index (χ3n) is 0.622. The third-order valence-corrected chi connectivity index (χ3v) is 0.622. The molecule has 0 aliphatic carbocycles. The van der Waals surface area contributed by atoms with Gasteiger partial charge in [-0.25, -0.2) is 0 Å². The van der Waals surface area contributed by atoms with Crippen LogP contribution in [0.2, 0.25) is 0 Å². The molecule has 3 heteroatoms. The van der Waals surface area contributed by atoms with Crippen molar-refractivity contribution in [2.45, 2.75) is 13.0 Å². The van der Waals surface area contributed by atoms with E-state index in [2.05, 4.69) is 0 Å². The molecule has 0 aromatic carbocycles. The predicted octanol–water partition coefficient (Wildman–Crippen LogP) is -1.07. The van der Waals surface area contributed by atoms with Crippen LogP contribution in [0.5, 0.6) is 0 Å². The summed E-state index contributed by atoms with van der Waals surface area (Å²) >= 11 is 0. The Morgan fingerprint density at radius 3 is 2.29 bits per heavy atom. The molecule has 1 atom stereocenters. The molecule has 0 rings (SSSR count). The van der Waals surface area contributed by atoms with Crippen LogP contribution in [0.15, 0.2) is 0 Å². The first-order chi connectivity index (χ1) is 3.18. The van der Waals surface area contributed by atoms with Gasteiger partial charge in [-0.05, 0) is 6.92 Å². The van der Waals surface area contributed by atoms with E-state index in [1.807, 2.05) is 0 Å². The van der Waals surface area contributed by atoms with Crippen LogP contribution in [0, 0.1) is 0 Å². The Balaban J connectivity index is 3.35. The van der Waals surface area contributed by atoms with Gasteiger partial charge in [0.25, 0.3) is 0 Å². The maximum absolute atomic E-state index is 10.0. The minimum Gasteiger partial charge on any atom is -0.388 e. The molecular formula is C4H8O3. The molecule has 0 fully saturated rings. The first-order valence-corrected chi connectivity index (χ1v) is 2.00. The van der Waals surface area contributed by atoms with Gasteiger partial charge in [0, 0.05) is 0 Å². The van der Waals surface area contributed by atoms with E-state index in [-0.39, 0.29) is 0 Å². The molecule has 1 unspecified atom stereocenters. The highest BCUT2D eigenvalue weighted by atomic mass is 16.3. The third kappa shape index (κ3) is 2.31. The van der Waals surface area contributed by atoms with Crippen LogP contribution in [0.25, 0.3) is 0 Å². The molecule has 0 saturated carbocycles. The lowest BCUT2D eigenvalue weighted by atomic mass is 10.3. The van der Waals surface area contributed by atoms with Gasteiger partial charge in [-0.1, -0.05) is 0 Å². The molecule has 0 aromatic heterocycles. The van der Waals surface area contributed by atoms with Crippen molar-refractivity contribution in [3.8, 4) is 0 Å². The normalized spacial score (nSPS) is 13.6. The maximum Gasteiger partial charge on any atom is 0.186 e. The van der Waals surface area contributed by atoms with Crippen molar-refractivity contribution >= 4 is 5.78 Å². The Morgan fingerprint density at radius 1 is 1.86 bits per heavy atom. The van der Waals surface area contributed by atoms with Crippen LogP contribution in [-0.2, 0) is 4.79 Å². The maximum atomic E-state index is 10.0. The van der Waals surface area contributed by atoms with E-state index in [1.54, 1.807) is 0 Å². The molecule has 0 heterocycles. The molecular weight excluding hydrogens is 96.0 g/mol. The topological polar surface area (TPSA) is 57.5 Å². The highest BCUT2D eigenvalue weighted by Gasteiger charge is 2.04. The second-order valence-corrected chi connectivity index (χ2v) is 1.30. The molecule has 7 heavy (non-hydrogen) atoms. The molecule has 0 spiro atoms. The number of hydrogen-bond donors (Lipinski definition) is 2. The molecule has 42 valence electrons. The van der Waals surface area contributed by atoms with Crippen molar-refractivity contribution < 1.29 is 15.0 Å². The lowest BCUT2D eigenvalue weighted by molar-refractivity contribution is -0.129. The molecule has 0 aromatic rings. The summed E-state index contributed by atoms with van der Waals surface area (Å²) in [4.78, 5) is 10.0. The zero-order valence-electron chi connectivity index (χ0n) is 4.09. The van der Waals surface area contributed by atoms with Gasteiger partial charge in [0.1, 0.15) is 12.7 Å². The molecule has 0 saturated heterocycles. The van der Waals surface area contributed by atoms with Crippen LogP contribution >= 0.6 is 0 Å². The molecule has 0 aliphatic heterocycles. The summed E-state index contributed by atoms with van der Waals surface area (Å²) in [7, 11) is 0. The predicted molar refractivity (Wildman–Crippen MR) is 23.8 cm³/mol. The second-order valence-electron chi connectivity index (χ2n) is 1.30. The SMILES string of the molecule is CC(O)C(=O)CO. The fraction of sp³-hybridized carbons (Fsp3) is 0.750. The van der Waals surface area contributed by atoms with Crippen LogP contribution in [-0.4, -0.2) is 28.7 Å². The highest BCUT2D eigenvalue weighted by Crippen LogP contribution is 1.78. The summed E-state index contributed by atoms with van der Waals surface area (Å²) in [5.41, 5.74) is 0. The fourth-order valence-electron chi connectivity index (χ4n) is 0.132. The Kier molecular flexibility index (Phi) is 2.55. The number of carbonyl (C=O) groups excluding carboxylic acids is 1. The average Bonchev–Trinajstić information content (AvgIpc) is 1.65. The summed E-state index contributed by atoms with van der Waals surface area (Å²) < 4.78 is 0. The summed E-state index contributed by atoms with van der Waals surface area (Å²) in [5, 5.41) is 16.3. The van der Waals surface area contributed by atoms with Crippen LogP contribution in [0.3, 0.4) is 0 Å². The Hall–Kier alpha value is -0.410. The molecule has 0 bridgehead atoms. The van der Waals surface area contributed by atoms with Crippen molar-refractivity contribution in [3.63, 3.8) is 0 Å². The van der Waals surface area contributed by atoms with Gasteiger partial charge in [-0.3, -0.25) is 4.79 Å². The van der Waals surface area contributed by atoms with Crippen LogP contribution in [0.1, 0.15) is 6.92 Å². The van der Waals surface area contributed by atoms with Gasteiger partial charge in [0.15, 0.2) is 5.78 Å². The van der Waals surface area contributed by atoms with Crippen molar-refractivity contribution in [2.75, 3.05) is 6.61 Å². The minimum atomic E-state index is -1.02. The summed E-state index contributed by atoms with van der Waals surface area (Å²) in [6.45, 7) is 0.746. The molecule has 0 amide bonds. The Bertz CT molecular complexity index is 67.3. The Labute approximate surface area is 41.6 Å². The molecule has 0 aliphatic rings. The number of aliphatic hydroxyl groups is 2. The summed E-state index contributed by atoms with van der Waals surface area (Å²) in [6.07, 6.45) is -1.02. The largest absolute Gasteiger partial charge is 0.388 e. The standard InChI is InChI=1S/C4H8O3/c1-3(6)4(7)2-5/h3,5-6H,2H2,1H3. The first kappa shape index (κ1) is 6.59. The number of hydrogen-bond acceptors (Lipinski definition) is 3. The molecule has 0 radical (unpaired) electrons. The fourth-order valence-corrected chi connectivity index (χ4v) is 0.132. The van der Waals surface area contributed by atoms with Gasteiger partial charge in [-0.2, -0.15) is 0 Å².